The molecule has 0 spiro atoms. The molecule has 0 bridgehead atoms. The van der Waals surface area contributed by atoms with E-state index >= 15 is 0 Å². The molecule has 0 aromatic carbocycles. The molecule has 1 aliphatic rings. The van der Waals surface area contributed by atoms with Crippen LogP contribution in [0.15, 0.2) is 0 Å². The molecule has 1 saturated carbocycles. The first kappa shape index (κ1) is 16.8. The van der Waals surface area contributed by atoms with E-state index in [9.17, 15) is 9.90 Å². The second kappa shape index (κ2) is 7.50. The molecule has 0 amide bonds. The number of rotatable bonds is 7. The zero-order valence-electron chi connectivity index (χ0n) is 12.5. The van der Waals surface area contributed by atoms with Crippen molar-refractivity contribution in [3.8, 4) is 0 Å². The van der Waals surface area contributed by atoms with Crippen molar-refractivity contribution in [1.29, 1.82) is 0 Å². The Labute approximate surface area is 120 Å². The van der Waals surface area contributed by atoms with Crippen LogP contribution in [0.1, 0.15) is 40.0 Å². The molecule has 0 aliphatic heterocycles. The smallest absolute Gasteiger partial charge is 0.339 e. The van der Waals surface area contributed by atoms with Gasteiger partial charge in [-0.15, -0.1) is 0 Å². The second-order valence-corrected chi connectivity index (χ2v) is 7.03. The molecule has 1 fully saturated rings. The number of carbonyl (C=O) groups excluding carboxylic acids is 1. The summed E-state index contributed by atoms with van der Waals surface area (Å²) in [6.07, 6.45) is 3.52. The summed E-state index contributed by atoms with van der Waals surface area (Å²) in [5.74, 6) is 0.626. The van der Waals surface area contributed by atoms with Crippen LogP contribution in [0.2, 0.25) is 0 Å². The first-order valence-electron chi connectivity index (χ1n) is 7.12. The zero-order chi connectivity index (χ0) is 14.5. The summed E-state index contributed by atoms with van der Waals surface area (Å²) in [5, 5.41) is 10.9. The maximum absolute atomic E-state index is 11.7. The van der Waals surface area contributed by atoms with E-state index in [1.54, 1.807) is 6.92 Å². The average molecular weight is 289 g/mol. The summed E-state index contributed by atoms with van der Waals surface area (Å²) < 4.78 is 4.91. The lowest BCUT2D eigenvalue weighted by atomic mass is 10.1. The molecule has 5 heteroatoms. The van der Waals surface area contributed by atoms with Crippen LogP contribution in [0.3, 0.4) is 0 Å². The number of esters is 1. The van der Waals surface area contributed by atoms with Crippen molar-refractivity contribution < 1.29 is 14.6 Å². The van der Waals surface area contributed by atoms with Gasteiger partial charge in [0, 0.05) is 17.8 Å². The largest absolute Gasteiger partial charge is 0.464 e. The fourth-order valence-corrected chi connectivity index (χ4v) is 3.80. The van der Waals surface area contributed by atoms with Crippen molar-refractivity contribution >= 4 is 17.7 Å². The Kier molecular flexibility index (Phi) is 6.63. The number of hydrogen-bond donors (Lipinski definition) is 1. The summed E-state index contributed by atoms with van der Waals surface area (Å²) in [6.45, 7) is 6.11. The lowest BCUT2D eigenvalue weighted by Gasteiger charge is -2.31. The third-order valence-corrected chi connectivity index (χ3v) is 4.89. The van der Waals surface area contributed by atoms with Gasteiger partial charge in [0.25, 0.3) is 0 Å². The number of aliphatic hydroxyl groups is 1. The molecule has 112 valence electrons. The van der Waals surface area contributed by atoms with Crippen LogP contribution in [0.4, 0.5) is 0 Å². The zero-order valence-corrected chi connectivity index (χ0v) is 13.3. The third-order valence-electron chi connectivity index (χ3n) is 3.66. The molecule has 0 radical (unpaired) electrons. The maximum atomic E-state index is 11.7. The van der Waals surface area contributed by atoms with Crippen molar-refractivity contribution in [3.63, 3.8) is 0 Å². The molecular weight excluding hydrogens is 262 g/mol. The highest BCUT2D eigenvalue weighted by molar-refractivity contribution is 7.99. The van der Waals surface area contributed by atoms with Gasteiger partial charge in [-0.1, -0.05) is 6.92 Å². The van der Waals surface area contributed by atoms with E-state index in [1.165, 1.54) is 13.3 Å². The fraction of sp³-hybridized carbons (Fsp3) is 0.929. The highest BCUT2D eigenvalue weighted by atomic mass is 32.2. The SMILES string of the molecule is CCOC(=O)C(C)(O)CN(C)C1CCC(SCC)C1. The summed E-state index contributed by atoms with van der Waals surface area (Å²) in [4.78, 5) is 13.8. The fourth-order valence-electron chi connectivity index (χ4n) is 2.67. The van der Waals surface area contributed by atoms with Crippen LogP contribution >= 0.6 is 11.8 Å². The standard InChI is InChI=1S/C14H27NO3S/c1-5-18-13(16)14(3,17)10-15(4)11-7-8-12(9-11)19-6-2/h11-12,17H,5-10H2,1-4H3. The molecule has 4 nitrogen and oxygen atoms in total. The maximum Gasteiger partial charge on any atom is 0.339 e. The number of thioether (sulfide) groups is 1. The van der Waals surface area contributed by atoms with Gasteiger partial charge in [0.2, 0.25) is 0 Å². The second-order valence-electron chi connectivity index (χ2n) is 5.45. The van der Waals surface area contributed by atoms with E-state index in [2.05, 4.69) is 11.8 Å². The van der Waals surface area contributed by atoms with Gasteiger partial charge in [-0.3, -0.25) is 4.90 Å². The Balaban J connectivity index is 2.46. The quantitative estimate of drug-likeness (QED) is 0.726. The Morgan fingerprint density at radius 3 is 2.74 bits per heavy atom. The number of carbonyl (C=O) groups is 1. The van der Waals surface area contributed by atoms with Crippen LogP contribution < -0.4 is 0 Å². The van der Waals surface area contributed by atoms with Gasteiger partial charge >= 0.3 is 5.97 Å². The first-order chi connectivity index (χ1) is 8.90. The van der Waals surface area contributed by atoms with E-state index in [0.717, 1.165) is 23.8 Å². The van der Waals surface area contributed by atoms with Gasteiger partial charge in [-0.2, -0.15) is 11.8 Å². The van der Waals surface area contributed by atoms with Crippen molar-refractivity contribution in [2.45, 2.75) is 56.9 Å². The molecule has 1 N–H and O–H groups in total. The summed E-state index contributed by atoms with van der Waals surface area (Å²) in [5.41, 5.74) is -1.42. The normalized spacial score (nSPS) is 26.4. The Morgan fingerprint density at radius 1 is 1.47 bits per heavy atom. The minimum absolute atomic E-state index is 0.303. The first-order valence-corrected chi connectivity index (χ1v) is 8.17. The van der Waals surface area contributed by atoms with E-state index < -0.39 is 11.6 Å². The van der Waals surface area contributed by atoms with Gasteiger partial charge in [0.05, 0.1) is 6.61 Å². The molecule has 3 unspecified atom stereocenters. The highest BCUT2D eigenvalue weighted by Gasteiger charge is 2.36. The number of likely N-dealkylation sites (N-methyl/N-ethyl adjacent to an activating group) is 1. The predicted molar refractivity (Wildman–Crippen MR) is 79.4 cm³/mol. The molecule has 1 rings (SSSR count). The Morgan fingerprint density at radius 2 is 2.16 bits per heavy atom. The van der Waals surface area contributed by atoms with Crippen molar-refractivity contribution in [1.82, 2.24) is 4.90 Å². The number of hydrogen-bond acceptors (Lipinski definition) is 5. The molecular formula is C14H27NO3S. The minimum atomic E-state index is -1.42. The van der Waals surface area contributed by atoms with Crippen LogP contribution in [0, 0.1) is 0 Å². The van der Waals surface area contributed by atoms with E-state index in [-0.39, 0.29) is 0 Å². The van der Waals surface area contributed by atoms with Crippen molar-refractivity contribution in [2.75, 3.05) is 26.0 Å². The summed E-state index contributed by atoms with van der Waals surface area (Å²) in [7, 11) is 1.98. The van der Waals surface area contributed by atoms with Gasteiger partial charge in [-0.05, 0) is 45.9 Å². The van der Waals surface area contributed by atoms with Crippen molar-refractivity contribution in [3.05, 3.63) is 0 Å². The number of nitrogens with zero attached hydrogens (tertiary/aromatic N) is 1. The van der Waals surface area contributed by atoms with Crippen LogP contribution in [0.25, 0.3) is 0 Å². The average Bonchev–Trinajstić information content (AvgIpc) is 2.78. The summed E-state index contributed by atoms with van der Waals surface area (Å²) >= 11 is 2.01. The number of ether oxygens (including phenoxy) is 1. The van der Waals surface area contributed by atoms with Crippen LogP contribution in [-0.2, 0) is 9.53 Å². The van der Waals surface area contributed by atoms with Gasteiger partial charge in [0.1, 0.15) is 0 Å². The van der Waals surface area contributed by atoms with E-state index in [0.29, 0.717) is 19.2 Å². The highest BCUT2D eigenvalue weighted by Crippen LogP contribution is 2.32. The monoisotopic (exact) mass is 289 g/mol. The summed E-state index contributed by atoms with van der Waals surface area (Å²) in [6, 6.07) is 0.463. The molecule has 3 atom stereocenters. The van der Waals surface area contributed by atoms with Crippen molar-refractivity contribution in [2.24, 2.45) is 0 Å². The molecule has 19 heavy (non-hydrogen) atoms. The van der Waals surface area contributed by atoms with Crippen LogP contribution in [0.5, 0.6) is 0 Å². The van der Waals surface area contributed by atoms with Gasteiger partial charge in [-0.25, -0.2) is 4.79 Å². The molecule has 0 saturated heterocycles. The molecule has 0 aromatic rings. The molecule has 0 aromatic heterocycles. The van der Waals surface area contributed by atoms with Gasteiger partial charge in [0.15, 0.2) is 5.60 Å². The van der Waals surface area contributed by atoms with E-state index in [1.807, 2.05) is 18.8 Å². The van der Waals surface area contributed by atoms with Crippen LogP contribution in [-0.4, -0.2) is 58.8 Å². The third kappa shape index (κ3) is 4.97. The lowest BCUT2D eigenvalue weighted by molar-refractivity contribution is -0.165. The van der Waals surface area contributed by atoms with E-state index in [4.69, 9.17) is 4.74 Å². The minimum Gasteiger partial charge on any atom is -0.464 e. The topological polar surface area (TPSA) is 49.8 Å². The predicted octanol–water partition coefficient (Wildman–Crippen LogP) is 1.91. The Hall–Kier alpha value is -0.260. The lowest BCUT2D eigenvalue weighted by Crippen LogP contribution is -2.49. The molecule has 1 aliphatic carbocycles. The van der Waals surface area contributed by atoms with Gasteiger partial charge < -0.3 is 9.84 Å². The molecule has 0 heterocycles. The Bertz CT molecular complexity index is 296.